The molecule has 105 heavy (non-hydrogen) atoms. The summed E-state index contributed by atoms with van der Waals surface area (Å²) in [6.45, 7) is 12.4. The molecule has 3 aromatic carbocycles. The fourth-order valence-electron chi connectivity index (χ4n) is 11.6. The van der Waals surface area contributed by atoms with E-state index in [4.69, 9.17) is 75.1 Å². The first-order chi connectivity index (χ1) is 50.5. The zero-order valence-corrected chi connectivity index (χ0v) is 59.3. The average Bonchev–Trinajstić information content (AvgIpc) is 1.72. The van der Waals surface area contributed by atoms with Gasteiger partial charge in [0.25, 0.3) is 11.8 Å². The minimum absolute atomic E-state index is 0.0147. The largest absolute Gasteiger partial charge is 0.490 e. The second-order valence-corrected chi connectivity index (χ2v) is 25.1. The van der Waals surface area contributed by atoms with Crippen molar-refractivity contribution in [1.82, 2.24) is 49.9 Å². The zero-order valence-electron chi connectivity index (χ0n) is 59.3. The Morgan fingerprint density at radius 1 is 0.619 bits per heavy atom. The molecule has 7 aromatic rings. The minimum atomic E-state index is -1.14. The number of oxazole rings is 2. The van der Waals surface area contributed by atoms with Crippen molar-refractivity contribution in [3.63, 3.8) is 0 Å². The first kappa shape index (κ1) is 78.1. The van der Waals surface area contributed by atoms with Gasteiger partial charge in [0, 0.05) is 69.8 Å². The van der Waals surface area contributed by atoms with E-state index in [1.165, 1.54) is 29.2 Å². The number of anilines is 3. The normalized spacial score (nSPS) is 14.2. The Morgan fingerprint density at radius 3 is 1.58 bits per heavy atom. The molecule has 14 N–H and O–H groups in total. The van der Waals surface area contributed by atoms with Gasteiger partial charge in [0.1, 0.15) is 54.4 Å². The molecular formula is C69H89N17O19. The number of benzene rings is 3. The van der Waals surface area contributed by atoms with Crippen molar-refractivity contribution in [3.8, 4) is 11.5 Å². The Bertz CT molecular complexity index is 4110. The maximum atomic E-state index is 14.1. The predicted molar refractivity (Wildman–Crippen MR) is 377 cm³/mol. The fraction of sp³-hybridized carbons (Fsp3) is 0.464. The van der Waals surface area contributed by atoms with E-state index in [9.17, 15) is 43.2 Å². The number of hydrogen-bond acceptors (Lipinski definition) is 24. The Labute approximate surface area is 602 Å². The van der Waals surface area contributed by atoms with E-state index < -0.39 is 76.9 Å². The third-order valence-electron chi connectivity index (χ3n) is 16.8. The summed E-state index contributed by atoms with van der Waals surface area (Å²) in [5, 5.41) is 16.5. The third kappa shape index (κ3) is 20.9. The smallest absolute Gasteiger partial charge is 0.410 e. The van der Waals surface area contributed by atoms with E-state index >= 15 is 0 Å². The van der Waals surface area contributed by atoms with Crippen LogP contribution in [0.3, 0.4) is 0 Å². The summed E-state index contributed by atoms with van der Waals surface area (Å²) in [5.74, 6) is 0.776. The van der Waals surface area contributed by atoms with Crippen LogP contribution >= 0.6 is 0 Å². The lowest BCUT2D eigenvalue weighted by molar-refractivity contribution is -0.132. The lowest BCUT2D eigenvalue weighted by Crippen LogP contribution is -2.63. The number of rotatable bonds is 35. The monoisotopic (exact) mass is 1460 g/mol. The lowest BCUT2D eigenvalue weighted by atomic mass is 9.81. The molecule has 6 heterocycles. The number of carbonyl (C=O) groups excluding carboxylic acids is 9. The van der Waals surface area contributed by atoms with Gasteiger partial charge in [-0.1, -0.05) is 52.0 Å². The van der Waals surface area contributed by atoms with Crippen molar-refractivity contribution < 1.29 is 90.0 Å². The first-order valence-electron chi connectivity index (χ1n) is 34.2. The number of amides is 10. The van der Waals surface area contributed by atoms with Crippen LogP contribution in [0.25, 0.3) is 22.1 Å². The van der Waals surface area contributed by atoms with Crippen LogP contribution in [0, 0.1) is 25.2 Å². The van der Waals surface area contributed by atoms with Crippen molar-refractivity contribution in [2.24, 2.45) is 34.4 Å². The molecule has 1 spiro atoms. The van der Waals surface area contributed by atoms with Crippen molar-refractivity contribution >= 4 is 93.1 Å². The van der Waals surface area contributed by atoms with Gasteiger partial charge in [-0.3, -0.25) is 44.2 Å². The Hall–Kier alpha value is -11.0. The molecule has 4 aromatic heterocycles. The maximum absolute atomic E-state index is 14.1. The SMILES string of the molecule is CCc1nc(C)oc1C(=O)Nc1nc2cc(C(N)=O)cc3c2n1C/C=C\Cn1c(NC(=O)c2oc(C)nc2CC)nc2cc(C(N)=O)cc(c21)OCC1(CO3)CN(C(=O)OCc2ccc(NC(=O)[C@H](CCCNC(N)=O)NC(=O)[C@@H](NC(=O)CCOCCOCCOCCOCCON)C(C)C)cc2)C1. The third-order valence-corrected chi connectivity index (χ3v) is 16.8. The van der Waals surface area contributed by atoms with Gasteiger partial charge < -0.3 is 99.3 Å². The molecule has 0 aliphatic carbocycles. The average molecular weight is 1460 g/mol. The molecule has 36 nitrogen and oxygen atoms in total. The number of imidazole rings is 2. The highest BCUT2D eigenvalue weighted by Crippen LogP contribution is 2.39. The summed E-state index contributed by atoms with van der Waals surface area (Å²) in [5.41, 5.74) is 18.8. The highest BCUT2D eigenvalue weighted by atomic mass is 16.6. The highest BCUT2D eigenvalue weighted by Gasteiger charge is 2.48. The zero-order chi connectivity index (χ0) is 75.3. The van der Waals surface area contributed by atoms with Gasteiger partial charge in [0.2, 0.25) is 53.0 Å². The summed E-state index contributed by atoms with van der Waals surface area (Å²) < 4.78 is 55.8. The number of nitrogens with two attached hydrogens (primary N) is 4. The van der Waals surface area contributed by atoms with Gasteiger partial charge in [0.15, 0.2) is 11.8 Å². The van der Waals surface area contributed by atoms with Gasteiger partial charge >= 0.3 is 12.1 Å². The van der Waals surface area contributed by atoms with Crippen LogP contribution in [-0.2, 0) is 75.4 Å². The molecule has 0 radical (unpaired) electrons. The van der Waals surface area contributed by atoms with Gasteiger partial charge in [-0.25, -0.2) is 35.4 Å². The van der Waals surface area contributed by atoms with Crippen LogP contribution in [0.5, 0.6) is 11.5 Å². The van der Waals surface area contributed by atoms with Gasteiger partial charge in [-0.15, -0.1) is 0 Å². The first-order valence-corrected chi connectivity index (χ1v) is 34.2. The van der Waals surface area contributed by atoms with Crippen LogP contribution in [0.4, 0.5) is 27.2 Å². The van der Waals surface area contributed by atoms with Crippen LogP contribution in [0.1, 0.15) is 118 Å². The van der Waals surface area contributed by atoms with Crippen molar-refractivity contribution in [1.29, 1.82) is 0 Å². The Balaban J connectivity index is 0.894. The van der Waals surface area contributed by atoms with Gasteiger partial charge in [0.05, 0.1) is 87.3 Å². The molecule has 0 bridgehead atoms. The van der Waals surface area contributed by atoms with Gasteiger partial charge in [-0.05, 0) is 73.6 Å². The van der Waals surface area contributed by atoms with Crippen molar-refractivity contribution in [2.45, 2.75) is 105 Å². The van der Waals surface area contributed by atoms with E-state index in [-0.39, 0.29) is 167 Å². The molecule has 2 atom stereocenters. The molecule has 0 unspecified atom stereocenters. The summed E-state index contributed by atoms with van der Waals surface area (Å²) in [6, 6.07) is 9.29. The van der Waals surface area contributed by atoms with E-state index in [1.54, 1.807) is 73.2 Å². The van der Waals surface area contributed by atoms with Crippen LogP contribution in [0.2, 0.25) is 0 Å². The van der Waals surface area contributed by atoms with Crippen LogP contribution in [-0.4, -0.2) is 192 Å². The second kappa shape index (κ2) is 36.9. The highest BCUT2D eigenvalue weighted by molar-refractivity contribution is 6.06. The number of aryl methyl sites for hydroxylation is 4. The number of allylic oxidation sites excluding steroid dienone is 2. The number of carbonyl (C=O) groups is 9. The molecule has 0 saturated carbocycles. The molecule has 9 rings (SSSR count). The number of hydrogen-bond donors (Lipinski definition) is 10. The Morgan fingerprint density at radius 2 is 1.11 bits per heavy atom. The molecule has 36 heteroatoms. The second-order valence-electron chi connectivity index (χ2n) is 25.1. The molecular weight excluding hydrogens is 1370 g/mol. The standard InChI is InChI=1S/C69H89N17O19/c1-7-46-57(104-40(5)75-46)63(92)82-66-79-49-30-43(59(70)88)32-51-55(49)85(66)19-9-10-20-86-56-50(80-67(86)83-64(93)58-47(8-2)76-41(6)105-58)31-44(60(71)89)33-52(56)102-38-69(37-101-51)35-84(36-69)68(95)100-34-42-13-15-45(16-14-42)77-61(90)48(12-11-18-74-65(72)94)78-62(91)54(39(3)4)81-53(87)17-21-96-22-23-97-24-25-98-26-27-99-28-29-103-73/h9-10,13-16,30-33,39,48,54H,7-8,11-12,17-29,34-38,73H2,1-6H3,(H2,70,88)(H2,71,89)(H,77,90)(H,78,91)(H,81,87)(H3,72,74,94)(H,79,82,92)(H,80,83,93)/b10-9-/t48-,54-/m0/s1. The van der Waals surface area contributed by atoms with Gasteiger partial charge in [-0.2, -0.15) is 0 Å². The molecule has 2 aliphatic heterocycles. The van der Waals surface area contributed by atoms with Crippen LogP contribution in [0.15, 0.2) is 69.5 Å². The minimum Gasteiger partial charge on any atom is -0.490 e. The lowest BCUT2D eigenvalue weighted by Gasteiger charge is -2.48. The number of nitrogens with one attached hydrogen (secondary N) is 6. The molecule has 2 aliphatic rings. The predicted octanol–water partition coefficient (Wildman–Crippen LogP) is 3.83. The fourth-order valence-corrected chi connectivity index (χ4v) is 11.6. The molecule has 564 valence electrons. The van der Waals surface area contributed by atoms with Crippen molar-refractivity contribution in [3.05, 3.63) is 112 Å². The van der Waals surface area contributed by atoms with E-state index in [2.05, 4.69) is 46.7 Å². The number of likely N-dealkylation sites (tertiary alicyclic amines) is 1. The van der Waals surface area contributed by atoms with E-state index in [0.29, 0.717) is 79.5 Å². The summed E-state index contributed by atoms with van der Waals surface area (Å²) in [6.07, 6.45) is 3.82. The number of primary amides is 3. The topological polar surface area (TPSA) is 495 Å². The molecule has 1 fully saturated rings. The number of aromatic nitrogens is 6. The number of ether oxygens (including phenoxy) is 7. The quantitative estimate of drug-likeness (QED) is 0.0153. The van der Waals surface area contributed by atoms with E-state index in [0.717, 1.165) is 0 Å². The van der Waals surface area contributed by atoms with Crippen LogP contribution < -0.4 is 64.5 Å². The summed E-state index contributed by atoms with van der Waals surface area (Å²) in [7, 11) is 0. The Kier molecular flexibility index (Phi) is 27.4. The summed E-state index contributed by atoms with van der Waals surface area (Å²) in [4.78, 5) is 145. The molecule has 1 saturated heterocycles. The number of nitrogens with zero attached hydrogens (tertiary/aromatic N) is 7. The van der Waals surface area contributed by atoms with E-state index in [1.807, 2.05) is 13.8 Å². The molecule has 10 amide bonds. The maximum Gasteiger partial charge on any atom is 0.410 e. The van der Waals surface area contributed by atoms with Crippen molar-refractivity contribution in [2.75, 3.05) is 108 Å². The number of urea groups is 1. The summed E-state index contributed by atoms with van der Waals surface area (Å²) >= 11 is 0.